The second-order valence-corrected chi connectivity index (χ2v) is 5.05. The van der Waals surface area contributed by atoms with Gasteiger partial charge >= 0.3 is 17.3 Å². The monoisotopic (exact) mass is 376 g/mol. The molecule has 12 nitrogen and oxygen atoms in total. The van der Waals surface area contributed by atoms with Crippen molar-refractivity contribution >= 4 is 34.4 Å². The average molecular weight is 376 g/mol. The van der Waals surface area contributed by atoms with Crippen LogP contribution in [0.25, 0.3) is 0 Å². The lowest BCUT2D eigenvalue weighted by atomic mass is 10.1. The van der Waals surface area contributed by atoms with E-state index in [0.29, 0.717) is 12.1 Å². The van der Waals surface area contributed by atoms with Gasteiger partial charge in [0.15, 0.2) is 5.69 Å². The van der Waals surface area contributed by atoms with Gasteiger partial charge in [-0.1, -0.05) is 0 Å². The van der Waals surface area contributed by atoms with Crippen LogP contribution in [0, 0.1) is 30.3 Å². The van der Waals surface area contributed by atoms with Crippen LogP contribution in [-0.4, -0.2) is 27.3 Å². The highest BCUT2D eigenvalue weighted by atomic mass is 16.6. The predicted molar refractivity (Wildman–Crippen MR) is 92.1 cm³/mol. The molecule has 0 radical (unpaired) electrons. The molecular formula is C15H12N4O8. The molecule has 0 atom stereocenters. The van der Waals surface area contributed by atoms with Gasteiger partial charge in [0.2, 0.25) is 0 Å². The molecule has 0 aliphatic carbocycles. The van der Waals surface area contributed by atoms with E-state index in [2.05, 4.69) is 5.32 Å². The van der Waals surface area contributed by atoms with Crippen molar-refractivity contribution in [3.8, 4) is 0 Å². The smallest absolute Gasteiger partial charge is 0.338 e. The first-order chi connectivity index (χ1) is 12.7. The summed E-state index contributed by atoms with van der Waals surface area (Å²) in [5.41, 5.74) is -2.54. The van der Waals surface area contributed by atoms with Crippen molar-refractivity contribution in [1.29, 1.82) is 0 Å². The number of hydrogen-bond donors (Lipinski definition) is 1. The summed E-state index contributed by atoms with van der Waals surface area (Å²) in [5.74, 6) is -0.573. The van der Waals surface area contributed by atoms with Crippen molar-refractivity contribution in [2.75, 3.05) is 11.9 Å². The molecule has 0 amide bonds. The van der Waals surface area contributed by atoms with Crippen molar-refractivity contribution in [1.82, 2.24) is 0 Å². The first kappa shape index (κ1) is 19.2. The topological polar surface area (TPSA) is 168 Å². The summed E-state index contributed by atoms with van der Waals surface area (Å²) in [6.07, 6.45) is 0. The number of hydrogen-bond acceptors (Lipinski definition) is 9. The molecule has 0 spiro atoms. The van der Waals surface area contributed by atoms with Crippen molar-refractivity contribution in [3.05, 3.63) is 72.3 Å². The number of ether oxygens (including phenoxy) is 1. The highest BCUT2D eigenvalue weighted by Crippen LogP contribution is 2.40. The maximum absolute atomic E-state index is 11.6. The summed E-state index contributed by atoms with van der Waals surface area (Å²) in [6, 6.07) is 6.71. The minimum atomic E-state index is -0.963. The number of nitro groups is 3. The van der Waals surface area contributed by atoms with Crippen LogP contribution in [0.2, 0.25) is 0 Å². The zero-order chi connectivity index (χ0) is 20.1. The number of carbonyl (C=O) groups is 1. The number of carbonyl (C=O) groups excluding carboxylic acids is 1. The Balaban J connectivity index is 2.48. The van der Waals surface area contributed by atoms with Crippen LogP contribution in [0.4, 0.5) is 28.4 Å². The van der Waals surface area contributed by atoms with Gasteiger partial charge < -0.3 is 10.1 Å². The fourth-order valence-corrected chi connectivity index (χ4v) is 2.17. The Kier molecular flexibility index (Phi) is 5.60. The first-order valence-electron chi connectivity index (χ1n) is 7.40. The molecule has 12 heteroatoms. The quantitative estimate of drug-likeness (QED) is 0.432. The Morgan fingerprint density at radius 1 is 0.963 bits per heavy atom. The second kappa shape index (κ2) is 7.86. The SMILES string of the molecule is CCOC(=O)c1ccc(Nc2c([N+](=O)[O-])cc([N+](=O)[O-])cc2[N+](=O)[O-])cc1. The number of non-ortho nitro benzene ring substituents is 1. The highest BCUT2D eigenvalue weighted by molar-refractivity contribution is 5.90. The van der Waals surface area contributed by atoms with Gasteiger partial charge in [-0.3, -0.25) is 30.3 Å². The van der Waals surface area contributed by atoms with Gasteiger partial charge in [-0.2, -0.15) is 0 Å². The first-order valence-corrected chi connectivity index (χ1v) is 7.40. The molecule has 0 aromatic heterocycles. The van der Waals surface area contributed by atoms with Crippen LogP contribution in [0.5, 0.6) is 0 Å². The van der Waals surface area contributed by atoms with Crippen molar-refractivity contribution in [3.63, 3.8) is 0 Å². The Hall–Kier alpha value is -4.09. The molecule has 0 aliphatic rings. The summed E-state index contributed by atoms with van der Waals surface area (Å²) < 4.78 is 4.82. The number of nitrogens with one attached hydrogen (secondary N) is 1. The minimum Gasteiger partial charge on any atom is -0.462 e. The standard InChI is InChI=1S/C15H12N4O8/c1-2-27-15(20)9-3-5-10(6-4-9)16-14-12(18(23)24)7-11(17(21)22)8-13(14)19(25)26/h3-8,16H,2H2,1H3. The molecule has 0 fully saturated rings. The number of anilines is 2. The zero-order valence-corrected chi connectivity index (χ0v) is 13.8. The number of nitrogens with zero attached hydrogens (tertiary/aromatic N) is 3. The summed E-state index contributed by atoms with van der Waals surface area (Å²) >= 11 is 0. The number of nitro benzene ring substituents is 3. The van der Waals surface area contributed by atoms with E-state index in [-0.39, 0.29) is 17.9 Å². The molecule has 27 heavy (non-hydrogen) atoms. The minimum absolute atomic E-state index is 0.181. The van der Waals surface area contributed by atoms with Gasteiger partial charge in [0, 0.05) is 5.69 Å². The van der Waals surface area contributed by atoms with Crippen LogP contribution < -0.4 is 5.32 Å². The molecule has 0 aliphatic heterocycles. The summed E-state index contributed by atoms with van der Waals surface area (Å²) in [5, 5.41) is 35.9. The Morgan fingerprint density at radius 2 is 1.48 bits per heavy atom. The van der Waals surface area contributed by atoms with E-state index < -0.39 is 43.5 Å². The van der Waals surface area contributed by atoms with Crippen LogP contribution in [0.3, 0.4) is 0 Å². The van der Waals surface area contributed by atoms with E-state index in [1.165, 1.54) is 24.3 Å². The van der Waals surface area contributed by atoms with Gasteiger partial charge in [0.1, 0.15) is 0 Å². The van der Waals surface area contributed by atoms with E-state index in [1.807, 2.05) is 0 Å². The van der Waals surface area contributed by atoms with Crippen LogP contribution >= 0.6 is 0 Å². The molecule has 0 saturated carbocycles. The van der Waals surface area contributed by atoms with E-state index in [4.69, 9.17) is 4.74 Å². The largest absolute Gasteiger partial charge is 0.462 e. The normalized spacial score (nSPS) is 10.1. The van der Waals surface area contributed by atoms with Crippen molar-refractivity contribution in [2.45, 2.75) is 6.92 Å². The lowest BCUT2D eigenvalue weighted by Gasteiger charge is -2.09. The van der Waals surface area contributed by atoms with Crippen molar-refractivity contribution < 1.29 is 24.3 Å². The van der Waals surface area contributed by atoms with Crippen LogP contribution in [0.1, 0.15) is 17.3 Å². The molecule has 2 aromatic rings. The fourth-order valence-electron chi connectivity index (χ4n) is 2.17. The van der Waals surface area contributed by atoms with Crippen LogP contribution in [0.15, 0.2) is 36.4 Å². The molecule has 0 heterocycles. The maximum Gasteiger partial charge on any atom is 0.338 e. The molecule has 1 N–H and O–H groups in total. The molecule has 140 valence electrons. The predicted octanol–water partition coefficient (Wildman–Crippen LogP) is 3.33. The van der Waals surface area contributed by atoms with Gasteiger partial charge in [0.25, 0.3) is 5.69 Å². The lowest BCUT2D eigenvalue weighted by molar-refractivity contribution is -0.401. The van der Waals surface area contributed by atoms with Gasteiger partial charge in [-0.25, -0.2) is 4.79 Å². The summed E-state index contributed by atoms with van der Waals surface area (Å²) in [6.45, 7) is 1.82. The van der Waals surface area contributed by atoms with E-state index in [0.717, 1.165) is 0 Å². The molecule has 0 saturated heterocycles. The van der Waals surface area contributed by atoms with E-state index in [9.17, 15) is 35.1 Å². The molecule has 2 aromatic carbocycles. The lowest BCUT2D eigenvalue weighted by Crippen LogP contribution is -2.05. The third-order valence-electron chi connectivity index (χ3n) is 3.35. The van der Waals surface area contributed by atoms with E-state index >= 15 is 0 Å². The molecular weight excluding hydrogens is 364 g/mol. The average Bonchev–Trinajstić information content (AvgIpc) is 2.61. The van der Waals surface area contributed by atoms with Gasteiger partial charge in [0.05, 0.1) is 39.1 Å². The molecule has 2 rings (SSSR count). The summed E-state index contributed by atoms with van der Waals surface area (Å²) in [7, 11) is 0. The van der Waals surface area contributed by atoms with Crippen molar-refractivity contribution in [2.24, 2.45) is 0 Å². The van der Waals surface area contributed by atoms with Crippen LogP contribution in [-0.2, 0) is 4.74 Å². The second-order valence-electron chi connectivity index (χ2n) is 5.05. The summed E-state index contributed by atoms with van der Waals surface area (Å²) in [4.78, 5) is 42.1. The maximum atomic E-state index is 11.6. The number of benzene rings is 2. The third kappa shape index (κ3) is 4.31. The Bertz CT molecular complexity index is 891. The Morgan fingerprint density at radius 3 is 1.89 bits per heavy atom. The van der Waals surface area contributed by atoms with E-state index in [1.54, 1.807) is 6.92 Å². The fraction of sp³-hybridized carbons (Fsp3) is 0.133. The van der Waals surface area contributed by atoms with Gasteiger partial charge in [-0.15, -0.1) is 0 Å². The molecule has 0 bridgehead atoms. The third-order valence-corrected chi connectivity index (χ3v) is 3.35. The Labute approximate surface area is 150 Å². The number of esters is 1. The van der Waals surface area contributed by atoms with Gasteiger partial charge in [-0.05, 0) is 31.2 Å². The highest BCUT2D eigenvalue weighted by Gasteiger charge is 2.30. The molecule has 0 unspecified atom stereocenters. The number of rotatable bonds is 7. The zero-order valence-electron chi connectivity index (χ0n) is 13.8.